The molecule has 0 radical (unpaired) electrons. The Bertz CT molecular complexity index is 324. The van der Waals surface area contributed by atoms with Crippen molar-refractivity contribution in [1.29, 1.82) is 0 Å². The van der Waals surface area contributed by atoms with E-state index in [0.717, 1.165) is 6.54 Å². The minimum atomic E-state index is 1.16. The van der Waals surface area contributed by atoms with Crippen molar-refractivity contribution in [1.82, 2.24) is 4.90 Å². The van der Waals surface area contributed by atoms with Gasteiger partial charge in [0, 0.05) is 13.1 Å². The summed E-state index contributed by atoms with van der Waals surface area (Å²) in [5.74, 6) is 2.57. The van der Waals surface area contributed by atoms with Crippen LogP contribution in [-0.4, -0.2) is 29.5 Å². The van der Waals surface area contributed by atoms with Gasteiger partial charge in [0.25, 0.3) is 0 Å². The lowest BCUT2D eigenvalue weighted by molar-refractivity contribution is 0.255. The van der Waals surface area contributed by atoms with Gasteiger partial charge in [-0.2, -0.15) is 11.8 Å². The van der Waals surface area contributed by atoms with E-state index in [1.165, 1.54) is 43.0 Å². The standard InChI is InChI=1S/C14H21NS/c1-2-16-11-5-9-15-10-8-13-6-3-4-7-14(13)12-15/h3-4,6-7H,2,5,8-12H2,1H3. The third-order valence-electron chi connectivity index (χ3n) is 3.18. The summed E-state index contributed by atoms with van der Waals surface area (Å²) >= 11 is 2.06. The van der Waals surface area contributed by atoms with E-state index in [1.54, 1.807) is 5.56 Å². The fourth-order valence-electron chi connectivity index (χ4n) is 2.28. The Kier molecular flexibility index (Phi) is 4.73. The van der Waals surface area contributed by atoms with Gasteiger partial charge in [-0.05, 0) is 42.0 Å². The van der Waals surface area contributed by atoms with Crippen molar-refractivity contribution in [3.8, 4) is 0 Å². The van der Waals surface area contributed by atoms with E-state index in [2.05, 4.69) is 47.9 Å². The van der Waals surface area contributed by atoms with Gasteiger partial charge in [-0.15, -0.1) is 0 Å². The number of nitrogens with zero attached hydrogens (tertiary/aromatic N) is 1. The van der Waals surface area contributed by atoms with Crippen LogP contribution in [0.4, 0.5) is 0 Å². The van der Waals surface area contributed by atoms with Crippen LogP contribution in [0.2, 0.25) is 0 Å². The SMILES string of the molecule is CCSCCCN1CCc2ccccc2C1. The minimum Gasteiger partial charge on any atom is -0.299 e. The molecule has 1 heterocycles. The van der Waals surface area contributed by atoms with Gasteiger partial charge in [0.15, 0.2) is 0 Å². The summed E-state index contributed by atoms with van der Waals surface area (Å²) in [6, 6.07) is 8.88. The Morgan fingerprint density at radius 2 is 2.06 bits per heavy atom. The van der Waals surface area contributed by atoms with Gasteiger partial charge in [-0.3, -0.25) is 4.90 Å². The molecule has 0 aliphatic carbocycles. The summed E-state index contributed by atoms with van der Waals surface area (Å²) < 4.78 is 0. The molecule has 0 fully saturated rings. The summed E-state index contributed by atoms with van der Waals surface area (Å²) in [7, 11) is 0. The van der Waals surface area contributed by atoms with Gasteiger partial charge in [0.05, 0.1) is 0 Å². The Hall–Kier alpha value is -0.470. The second kappa shape index (κ2) is 6.31. The molecule has 16 heavy (non-hydrogen) atoms. The first-order chi connectivity index (χ1) is 7.90. The van der Waals surface area contributed by atoms with Crippen molar-refractivity contribution in [2.75, 3.05) is 24.6 Å². The molecule has 0 saturated carbocycles. The average Bonchev–Trinajstić information content (AvgIpc) is 2.34. The molecule has 0 unspecified atom stereocenters. The fourth-order valence-corrected chi connectivity index (χ4v) is 2.90. The lowest BCUT2D eigenvalue weighted by atomic mass is 10.00. The van der Waals surface area contributed by atoms with Crippen molar-refractivity contribution in [3.63, 3.8) is 0 Å². The predicted molar refractivity (Wildman–Crippen MR) is 73.0 cm³/mol. The van der Waals surface area contributed by atoms with Crippen molar-refractivity contribution in [2.24, 2.45) is 0 Å². The smallest absolute Gasteiger partial charge is 0.0236 e. The molecule has 2 heteroatoms. The molecule has 0 amide bonds. The molecule has 88 valence electrons. The van der Waals surface area contributed by atoms with Crippen LogP contribution in [0, 0.1) is 0 Å². The molecular formula is C14H21NS. The van der Waals surface area contributed by atoms with Gasteiger partial charge in [0.1, 0.15) is 0 Å². The van der Waals surface area contributed by atoms with Crippen LogP contribution in [0.1, 0.15) is 24.5 Å². The van der Waals surface area contributed by atoms with Crippen LogP contribution < -0.4 is 0 Å². The molecule has 2 rings (SSSR count). The van der Waals surface area contributed by atoms with Gasteiger partial charge in [0.2, 0.25) is 0 Å². The summed E-state index contributed by atoms with van der Waals surface area (Å²) in [5, 5.41) is 0. The fraction of sp³-hybridized carbons (Fsp3) is 0.571. The molecule has 1 aliphatic rings. The number of fused-ring (bicyclic) bond motifs is 1. The maximum absolute atomic E-state index is 2.60. The molecule has 0 spiro atoms. The molecule has 1 aromatic carbocycles. The topological polar surface area (TPSA) is 3.24 Å². The van der Waals surface area contributed by atoms with Crippen molar-refractivity contribution >= 4 is 11.8 Å². The van der Waals surface area contributed by atoms with Crippen molar-refractivity contribution in [3.05, 3.63) is 35.4 Å². The Labute approximate surface area is 103 Å². The molecule has 0 atom stereocenters. The first-order valence-electron chi connectivity index (χ1n) is 6.27. The van der Waals surface area contributed by atoms with Crippen molar-refractivity contribution < 1.29 is 0 Å². The zero-order valence-electron chi connectivity index (χ0n) is 10.1. The summed E-state index contributed by atoms with van der Waals surface area (Å²) in [4.78, 5) is 2.60. The Balaban J connectivity index is 1.79. The highest BCUT2D eigenvalue weighted by molar-refractivity contribution is 7.99. The van der Waals surface area contributed by atoms with Crippen LogP contribution in [-0.2, 0) is 13.0 Å². The van der Waals surface area contributed by atoms with Crippen LogP contribution in [0.5, 0.6) is 0 Å². The molecule has 0 N–H and O–H groups in total. The molecule has 1 aromatic rings. The highest BCUT2D eigenvalue weighted by atomic mass is 32.2. The van der Waals surface area contributed by atoms with E-state index < -0.39 is 0 Å². The number of hydrogen-bond acceptors (Lipinski definition) is 2. The van der Waals surface area contributed by atoms with Crippen LogP contribution in [0.25, 0.3) is 0 Å². The van der Waals surface area contributed by atoms with Gasteiger partial charge in [-0.25, -0.2) is 0 Å². The van der Waals surface area contributed by atoms with Crippen LogP contribution in [0.3, 0.4) is 0 Å². The number of rotatable bonds is 5. The number of hydrogen-bond donors (Lipinski definition) is 0. The van der Waals surface area contributed by atoms with E-state index >= 15 is 0 Å². The average molecular weight is 235 g/mol. The molecule has 1 nitrogen and oxygen atoms in total. The summed E-state index contributed by atoms with van der Waals surface area (Å²) in [6.45, 7) is 5.91. The molecule has 0 saturated heterocycles. The van der Waals surface area contributed by atoms with E-state index in [4.69, 9.17) is 0 Å². The van der Waals surface area contributed by atoms with Gasteiger partial charge < -0.3 is 0 Å². The third kappa shape index (κ3) is 3.26. The van der Waals surface area contributed by atoms with E-state index in [9.17, 15) is 0 Å². The highest BCUT2D eigenvalue weighted by Crippen LogP contribution is 2.18. The van der Waals surface area contributed by atoms with Crippen LogP contribution in [0.15, 0.2) is 24.3 Å². The minimum absolute atomic E-state index is 1.16. The number of thioether (sulfide) groups is 1. The van der Waals surface area contributed by atoms with Gasteiger partial charge in [-0.1, -0.05) is 31.2 Å². The number of benzene rings is 1. The maximum Gasteiger partial charge on any atom is 0.0236 e. The van der Waals surface area contributed by atoms with Crippen molar-refractivity contribution in [2.45, 2.75) is 26.3 Å². The first kappa shape index (κ1) is 12.0. The summed E-state index contributed by atoms with van der Waals surface area (Å²) in [5.41, 5.74) is 3.10. The Morgan fingerprint density at radius 1 is 1.25 bits per heavy atom. The maximum atomic E-state index is 2.60. The zero-order valence-corrected chi connectivity index (χ0v) is 10.9. The van der Waals surface area contributed by atoms with Gasteiger partial charge >= 0.3 is 0 Å². The largest absolute Gasteiger partial charge is 0.299 e. The zero-order chi connectivity index (χ0) is 11.2. The van der Waals surface area contributed by atoms with Crippen LogP contribution >= 0.6 is 11.8 Å². The monoisotopic (exact) mass is 235 g/mol. The molecule has 0 aromatic heterocycles. The second-order valence-electron chi connectivity index (χ2n) is 4.35. The summed E-state index contributed by atoms with van der Waals surface area (Å²) in [6.07, 6.45) is 2.57. The normalized spacial score (nSPS) is 16.1. The van der Waals surface area contributed by atoms with E-state index in [0.29, 0.717) is 0 Å². The molecular weight excluding hydrogens is 214 g/mol. The Morgan fingerprint density at radius 3 is 2.88 bits per heavy atom. The van der Waals surface area contributed by atoms with E-state index in [-0.39, 0.29) is 0 Å². The lowest BCUT2D eigenvalue weighted by Gasteiger charge is -2.28. The van der Waals surface area contributed by atoms with E-state index in [1.807, 2.05) is 0 Å². The first-order valence-corrected chi connectivity index (χ1v) is 7.42. The third-order valence-corrected chi connectivity index (χ3v) is 4.16. The highest BCUT2D eigenvalue weighted by Gasteiger charge is 2.14. The quantitative estimate of drug-likeness (QED) is 0.721. The predicted octanol–water partition coefficient (Wildman–Crippen LogP) is 3.19. The molecule has 0 bridgehead atoms. The lowest BCUT2D eigenvalue weighted by Crippen LogP contribution is -2.31. The second-order valence-corrected chi connectivity index (χ2v) is 5.74. The molecule has 1 aliphatic heterocycles.